The van der Waals surface area contributed by atoms with Crippen LogP contribution in [0.25, 0.3) is 0 Å². The summed E-state index contributed by atoms with van der Waals surface area (Å²) in [6.07, 6.45) is -1.41. The summed E-state index contributed by atoms with van der Waals surface area (Å²) in [6.45, 7) is 0. The Morgan fingerprint density at radius 3 is 2.39 bits per heavy atom. The maximum Gasteiger partial charge on any atom is 0.326 e. The number of carbonyl (C=O) groups excluding carboxylic acids is 2. The number of aliphatic hydroxyl groups is 1. The minimum Gasteiger partial charge on any atom is -0.480 e. The number of benzene rings is 1. The van der Waals surface area contributed by atoms with Crippen LogP contribution in [0.5, 0.6) is 0 Å². The number of aliphatic carboxylic acids is 1. The Morgan fingerprint density at radius 1 is 1.28 bits per heavy atom. The van der Waals surface area contributed by atoms with E-state index in [1.54, 1.807) is 30.3 Å². The van der Waals surface area contributed by atoms with Crippen LogP contribution >= 0.6 is 0 Å². The van der Waals surface area contributed by atoms with Crippen molar-refractivity contribution in [2.45, 2.75) is 18.6 Å². The monoisotopic (exact) mass is 251 g/mol. The van der Waals surface area contributed by atoms with E-state index in [9.17, 15) is 19.5 Å². The first kappa shape index (κ1) is 13.9. The van der Waals surface area contributed by atoms with E-state index in [0.29, 0.717) is 11.8 Å². The van der Waals surface area contributed by atoms with Gasteiger partial charge in [-0.05, 0) is 5.56 Å². The Bertz CT molecular complexity index is 431. The van der Waals surface area contributed by atoms with Gasteiger partial charge >= 0.3 is 5.97 Å². The quantitative estimate of drug-likeness (QED) is 0.611. The van der Waals surface area contributed by atoms with Gasteiger partial charge in [-0.25, -0.2) is 4.79 Å². The van der Waals surface area contributed by atoms with E-state index in [2.05, 4.69) is 5.32 Å². The summed E-state index contributed by atoms with van der Waals surface area (Å²) in [5.74, 6) is -2.17. The molecule has 0 unspecified atom stereocenters. The Hall–Kier alpha value is -2.21. The topological polar surface area (TPSA) is 104 Å². The molecule has 0 aliphatic carbocycles. The fourth-order valence-electron chi connectivity index (χ4n) is 1.36. The highest BCUT2D eigenvalue weighted by atomic mass is 16.4. The van der Waals surface area contributed by atoms with Crippen molar-refractivity contribution in [1.82, 2.24) is 5.32 Å². The minimum absolute atomic E-state index is 0.345. The van der Waals surface area contributed by atoms with E-state index in [1.165, 1.54) is 0 Å². The van der Waals surface area contributed by atoms with Gasteiger partial charge in [0.1, 0.15) is 12.3 Å². The predicted octanol–water partition coefficient (Wildman–Crippen LogP) is -0.122. The molecule has 0 fully saturated rings. The van der Waals surface area contributed by atoms with Crippen LogP contribution in [0.1, 0.15) is 18.1 Å². The zero-order valence-electron chi connectivity index (χ0n) is 9.45. The third kappa shape index (κ3) is 3.67. The molecule has 6 heteroatoms. The molecule has 0 aliphatic rings. The lowest BCUT2D eigenvalue weighted by molar-refractivity contribution is -0.144. The Morgan fingerprint density at radius 2 is 1.89 bits per heavy atom. The van der Waals surface area contributed by atoms with Gasteiger partial charge in [-0.15, -0.1) is 0 Å². The Labute approximate surface area is 103 Å². The number of hydrogen-bond donors (Lipinski definition) is 3. The molecular weight excluding hydrogens is 238 g/mol. The molecule has 1 aromatic rings. The van der Waals surface area contributed by atoms with E-state index in [0.717, 1.165) is 0 Å². The third-order valence-corrected chi connectivity index (χ3v) is 2.31. The van der Waals surface area contributed by atoms with Crippen molar-refractivity contribution in [3.8, 4) is 0 Å². The SMILES string of the molecule is O=CC[C@H](NC(=O)[C@@H](O)c1ccccc1)C(=O)O. The van der Waals surface area contributed by atoms with Gasteiger partial charge in [-0.3, -0.25) is 4.79 Å². The maximum absolute atomic E-state index is 11.6. The molecule has 0 aromatic heterocycles. The molecule has 1 rings (SSSR count). The molecule has 96 valence electrons. The summed E-state index contributed by atoms with van der Waals surface area (Å²) in [6, 6.07) is 6.77. The molecule has 0 saturated heterocycles. The van der Waals surface area contributed by atoms with Gasteiger partial charge in [0.15, 0.2) is 6.10 Å². The average molecular weight is 251 g/mol. The highest BCUT2D eigenvalue weighted by Gasteiger charge is 2.24. The Balaban J connectivity index is 2.70. The molecule has 0 saturated carbocycles. The van der Waals surface area contributed by atoms with E-state index in [4.69, 9.17) is 5.11 Å². The number of hydrogen-bond acceptors (Lipinski definition) is 4. The fraction of sp³-hybridized carbons (Fsp3) is 0.250. The number of rotatable bonds is 6. The average Bonchev–Trinajstić information content (AvgIpc) is 2.38. The number of carboxylic acid groups (broad SMARTS) is 1. The summed E-state index contributed by atoms with van der Waals surface area (Å²) < 4.78 is 0. The summed E-state index contributed by atoms with van der Waals surface area (Å²) in [4.78, 5) is 32.6. The van der Waals surface area contributed by atoms with Crippen molar-refractivity contribution in [2.75, 3.05) is 0 Å². The molecule has 0 radical (unpaired) electrons. The lowest BCUT2D eigenvalue weighted by Gasteiger charge is -2.15. The van der Waals surface area contributed by atoms with Gasteiger partial charge in [0, 0.05) is 6.42 Å². The van der Waals surface area contributed by atoms with Crippen molar-refractivity contribution >= 4 is 18.2 Å². The van der Waals surface area contributed by atoms with Crippen molar-refractivity contribution in [3.63, 3.8) is 0 Å². The second-order valence-corrected chi connectivity index (χ2v) is 3.62. The molecule has 18 heavy (non-hydrogen) atoms. The van der Waals surface area contributed by atoms with Gasteiger partial charge < -0.3 is 20.3 Å². The predicted molar refractivity (Wildman–Crippen MR) is 61.6 cm³/mol. The van der Waals surface area contributed by atoms with Crippen LogP contribution in [0.15, 0.2) is 30.3 Å². The van der Waals surface area contributed by atoms with Gasteiger partial charge in [0.2, 0.25) is 0 Å². The van der Waals surface area contributed by atoms with Crippen LogP contribution in [-0.2, 0) is 14.4 Å². The van der Waals surface area contributed by atoms with Crippen LogP contribution < -0.4 is 5.32 Å². The molecular formula is C12H13NO5. The van der Waals surface area contributed by atoms with Crippen LogP contribution in [-0.4, -0.2) is 34.4 Å². The molecule has 0 heterocycles. The van der Waals surface area contributed by atoms with E-state index in [1.807, 2.05) is 0 Å². The van der Waals surface area contributed by atoms with Crippen molar-refractivity contribution < 1.29 is 24.6 Å². The third-order valence-electron chi connectivity index (χ3n) is 2.31. The first-order valence-corrected chi connectivity index (χ1v) is 5.26. The van der Waals surface area contributed by atoms with Crippen LogP contribution in [0, 0.1) is 0 Å². The minimum atomic E-state index is -1.46. The number of nitrogens with one attached hydrogen (secondary N) is 1. The molecule has 6 nitrogen and oxygen atoms in total. The van der Waals surface area contributed by atoms with Crippen LogP contribution in [0.2, 0.25) is 0 Å². The maximum atomic E-state index is 11.6. The van der Waals surface area contributed by atoms with Crippen LogP contribution in [0.4, 0.5) is 0 Å². The number of amides is 1. The van der Waals surface area contributed by atoms with Crippen LogP contribution in [0.3, 0.4) is 0 Å². The van der Waals surface area contributed by atoms with Gasteiger partial charge in [-0.2, -0.15) is 0 Å². The highest BCUT2D eigenvalue weighted by Crippen LogP contribution is 2.12. The summed E-state index contributed by atoms with van der Waals surface area (Å²) in [5.41, 5.74) is 0.352. The molecule has 0 aliphatic heterocycles. The fourth-order valence-corrected chi connectivity index (χ4v) is 1.36. The smallest absolute Gasteiger partial charge is 0.326 e. The van der Waals surface area contributed by atoms with E-state index >= 15 is 0 Å². The molecule has 2 atom stereocenters. The summed E-state index contributed by atoms with van der Waals surface area (Å²) in [7, 11) is 0. The van der Waals surface area contributed by atoms with Crippen molar-refractivity contribution in [2.24, 2.45) is 0 Å². The van der Waals surface area contributed by atoms with Gasteiger partial charge in [-0.1, -0.05) is 30.3 Å². The lowest BCUT2D eigenvalue weighted by atomic mass is 10.1. The van der Waals surface area contributed by atoms with Crippen molar-refractivity contribution in [3.05, 3.63) is 35.9 Å². The number of carbonyl (C=O) groups is 3. The molecule has 0 spiro atoms. The molecule has 0 bridgehead atoms. The molecule has 3 N–H and O–H groups in total. The van der Waals surface area contributed by atoms with Gasteiger partial charge in [0.05, 0.1) is 0 Å². The zero-order chi connectivity index (χ0) is 13.5. The summed E-state index contributed by atoms with van der Waals surface area (Å²) in [5, 5.41) is 20.5. The lowest BCUT2D eigenvalue weighted by Crippen LogP contribution is -2.43. The standard InChI is InChI=1S/C12H13NO5/c14-7-6-9(12(17)18)13-11(16)10(15)8-4-2-1-3-5-8/h1-5,7,9-10,15H,6H2,(H,13,16)(H,17,18)/t9-,10-/m0/s1. The van der Waals surface area contributed by atoms with Gasteiger partial charge in [0.25, 0.3) is 5.91 Å². The largest absolute Gasteiger partial charge is 0.480 e. The zero-order valence-corrected chi connectivity index (χ0v) is 9.45. The van der Waals surface area contributed by atoms with E-state index in [-0.39, 0.29) is 6.42 Å². The number of aldehydes is 1. The van der Waals surface area contributed by atoms with E-state index < -0.39 is 24.0 Å². The summed E-state index contributed by atoms with van der Waals surface area (Å²) >= 11 is 0. The highest BCUT2D eigenvalue weighted by molar-refractivity contribution is 5.88. The first-order valence-electron chi connectivity index (χ1n) is 5.26. The molecule has 1 amide bonds. The second kappa shape index (κ2) is 6.51. The number of carboxylic acids is 1. The number of aliphatic hydroxyl groups excluding tert-OH is 1. The normalized spacial score (nSPS) is 13.4. The van der Waals surface area contributed by atoms with Crippen molar-refractivity contribution in [1.29, 1.82) is 0 Å². The molecule has 1 aromatic carbocycles. The second-order valence-electron chi connectivity index (χ2n) is 3.62. The first-order chi connectivity index (χ1) is 8.56. The Kier molecular flexibility index (Phi) is 5.01.